The van der Waals surface area contributed by atoms with Crippen LogP contribution in [0.1, 0.15) is 16.1 Å². The number of nitrogens with zero attached hydrogens (tertiary/aromatic N) is 2. The molecule has 1 atom stereocenters. The molecule has 0 bridgehead atoms. The summed E-state index contributed by atoms with van der Waals surface area (Å²) in [6.45, 7) is 0. The molecule has 0 spiro atoms. The number of carboxylic acids is 1. The molecule has 114 valence electrons. The Bertz CT molecular complexity index is 802. The summed E-state index contributed by atoms with van der Waals surface area (Å²) in [5.41, 5.74) is 0.371. The molecule has 1 N–H and O–H groups in total. The third-order valence-corrected chi connectivity index (χ3v) is 3.94. The summed E-state index contributed by atoms with van der Waals surface area (Å²) in [4.78, 5) is 23.4. The zero-order valence-electron chi connectivity index (χ0n) is 11.0. The number of hydrogen-bond donors (Lipinski definition) is 1. The molecule has 7 nitrogen and oxygen atoms in total. The molecule has 9 heteroatoms. The highest BCUT2D eigenvalue weighted by molar-refractivity contribution is 6.45. The van der Waals surface area contributed by atoms with Gasteiger partial charge in [-0.2, -0.15) is 5.10 Å². The number of ketones is 1. The van der Waals surface area contributed by atoms with Crippen molar-refractivity contribution in [2.24, 2.45) is 7.05 Å². The number of halogens is 2. The molecule has 0 aliphatic carbocycles. The van der Waals surface area contributed by atoms with Crippen molar-refractivity contribution in [1.29, 1.82) is 0 Å². The number of carbonyl (C=O) groups is 2. The van der Waals surface area contributed by atoms with E-state index in [1.54, 1.807) is 7.05 Å². The molecule has 0 saturated heterocycles. The van der Waals surface area contributed by atoms with Gasteiger partial charge >= 0.3 is 12.3 Å². The first-order valence-corrected chi connectivity index (χ1v) is 6.76. The van der Waals surface area contributed by atoms with E-state index in [1.165, 1.54) is 23.0 Å². The molecule has 1 aromatic heterocycles. The van der Waals surface area contributed by atoms with E-state index in [9.17, 15) is 9.59 Å². The Balaban J connectivity index is 2.07. The van der Waals surface area contributed by atoms with E-state index in [0.29, 0.717) is 5.69 Å². The minimum absolute atomic E-state index is 0.000577. The summed E-state index contributed by atoms with van der Waals surface area (Å²) in [6, 6.07) is 2.83. The molecular formula is C13H8Cl2N2O5. The first-order valence-electron chi connectivity index (χ1n) is 6.01. The summed E-state index contributed by atoms with van der Waals surface area (Å²) in [6.07, 6.45) is -0.0541. The van der Waals surface area contributed by atoms with Crippen LogP contribution in [0.3, 0.4) is 0 Å². The maximum Gasteiger partial charge on any atom is 0.387 e. The van der Waals surface area contributed by atoms with Crippen molar-refractivity contribution in [2.45, 2.75) is 6.29 Å². The summed E-state index contributed by atoms with van der Waals surface area (Å²) >= 11 is 12.2. The van der Waals surface area contributed by atoms with E-state index >= 15 is 0 Å². The van der Waals surface area contributed by atoms with Crippen LogP contribution >= 0.6 is 23.2 Å². The monoisotopic (exact) mass is 342 g/mol. The van der Waals surface area contributed by atoms with Gasteiger partial charge in [0.25, 0.3) is 0 Å². The molecule has 2 heterocycles. The molecule has 0 saturated carbocycles. The number of aliphatic carboxylic acids is 1. The van der Waals surface area contributed by atoms with Gasteiger partial charge in [-0.25, -0.2) is 4.79 Å². The van der Waals surface area contributed by atoms with Crippen LogP contribution in [0.15, 0.2) is 18.3 Å². The lowest BCUT2D eigenvalue weighted by atomic mass is 10.1. The third-order valence-electron chi connectivity index (χ3n) is 3.09. The SMILES string of the molecule is Cn1nccc1C(=O)c1cc2c(c(Cl)c1Cl)OC(C(=O)O)O2. The van der Waals surface area contributed by atoms with E-state index in [1.807, 2.05) is 0 Å². The molecule has 3 rings (SSSR count). The van der Waals surface area contributed by atoms with Crippen LogP contribution in [-0.2, 0) is 11.8 Å². The summed E-state index contributed by atoms with van der Waals surface area (Å²) in [5.74, 6) is -1.69. The topological polar surface area (TPSA) is 90.7 Å². The Morgan fingerprint density at radius 2 is 2.05 bits per heavy atom. The van der Waals surface area contributed by atoms with Gasteiger partial charge in [0.05, 0.1) is 5.02 Å². The molecule has 0 fully saturated rings. The lowest BCUT2D eigenvalue weighted by molar-refractivity contribution is -0.154. The van der Waals surface area contributed by atoms with Crippen molar-refractivity contribution in [2.75, 3.05) is 0 Å². The summed E-state index contributed by atoms with van der Waals surface area (Å²) < 4.78 is 11.6. The number of rotatable bonds is 3. The Labute approximate surface area is 134 Å². The largest absolute Gasteiger partial charge is 0.476 e. The molecule has 2 aromatic rings. The lowest BCUT2D eigenvalue weighted by Gasteiger charge is -2.08. The molecule has 0 amide bonds. The van der Waals surface area contributed by atoms with E-state index in [0.717, 1.165) is 0 Å². The number of benzene rings is 1. The average molecular weight is 343 g/mol. The van der Waals surface area contributed by atoms with Gasteiger partial charge in [0.15, 0.2) is 11.5 Å². The van der Waals surface area contributed by atoms with Crippen molar-refractivity contribution < 1.29 is 24.2 Å². The molecule has 1 aromatic carbocycles. The summed E-state index contributed by atoms with van der Waals surface area (Å²) in [5, 5.41) is 12.7. The quantitative estimate of drug-likeness (QED) is 0.859. The number of carbonyl (C=O) groups excluding carboxylic acids is 1. The highest BCUT2D eigenvalue weighted by Gasteiger charge is 2.35. The predicted molar refractivity (Wildman–Crippen MR) is 75.8 cm³/mol. The number of fused-ring (bicyclic) bond motifs is 1. The van der Waals surface area contributed by atoms with Gasteiger partial charge in [-0.1, -0.05) is 23.2 Å². The second-order valence-electron chi connectivity index (χ2n) is 4.45. The normalized spacial score (nSPS) is 15.9. The number of aryl methyl sites for hydroxylation is 1. The van der Waals surface area contributed by atoms with Crippen molar-refractivity contribution in [3.8, 4) is 11.5 Å². The highest BCUT2D eigenvalue weighted by Crippen LogP contribution is 2.46. The van der Waals surface area contributed by atoms with Crippen LogP contribution < -0.4 is 9.47 Å². The van der Waals surface area contributed by atoms with Crippen LogP contribution in [-0.4, -0.2) is 32.9 Å². The van der Waals surface area contributed by atoms with E-state index in [-0.39, 0.29) is 27.1 Å². The van der Waals surface area contributed by atoms with E-state index < -0.39 is 18.0 Å². The molecule has 0 radical (unpaired) electrons. The number of carboxylic acid groups (broad SMARTS) is 1. The number of ether oxygens (including phenoxy) is 2. The second-order valence-corrected chi connectivity index (χ2v) is 5.21. The zero-order valence-corrected chi connectivity index (χ0v) is 12.6. The Kier molecular flexibility index (Phi) is 3.46. The third kappa shape index (κ3) is 2.18. The fourth-order valence-electron chi connectivity index (χ4n) is 2.03. The van der Waals surface area contributed by atoms with Crippen LogP contribution in [0.4, 0.5) is 0 Å². The van der Waals surface area contributed by atoms with Crippen molar-refractivity contribution in [3.63, 3.8) is 0 Å². The van der Waals surface area contributed by atoms with Gasteiger partial charge in [0, 0.05) is 18.8 Å². The lowest BCUT2D eigenvalue weighted by Crippen LogP contribution is -2.28. The molecule has 1 aliphatic heterocycles. The molecule has 22 heavy (non-hydrogen) atoms. The molecular weight excluding hydrogens is 335 g/mol. The van der Waals surface area contributed by atoms with Gasteiger partial charge in [0.1, 0.15) is 10.7 Å². The van der Waals surface area contributed by atoms with Crippen molar-refractivity contribution in [1.82, 2.24) is 9.78 Å². The van der Waals surface area contributed by atoms with Gasteiger partial charge in [-0.3, -0.25) is 9.48 Å². The first kappa shape index (κ1) is 14.7. The van der Waals surface area contributed by atoms with Crippen molar-refractivity contribution in [3.05, 3.63) is 39.6 Å². The van der Waals surface area contributed by atoms with Gasteiger partial charge in [0.2, 0.25) is 5.78 Å². The van der Waals surface area contributed by atoms with Crippen LogP contribution in [0.5, 0.6) is 11.5 Å². The van der Waals surface area contributed by atoms with Crippen LogP contribution in [0.2, 0.25) is 10.0 Å². The minimum atomic E-state index is -1.52. The maximum atomic E-state index is 12.5. The fraction of sp³-hybridized carbons (Fsp3) is 0.154. The zero-order chi connectivity index (χ0) is 16.0. The first-order chi connectivity index (χ1) is 10.4. The Morgan fingerprint density at radius 1 is 1.32 bits per heavy atom. The Hall–Kier alpha value is -2.25. The molecule has 1 unspecified atom stereocenters. The predicted octanol–water partition coefficient (Wildman–Crippen LogP) is 2.14. The molecule has 1 aliphatic rings. The van der Waals surface area contributed by atoms with E-state index in [4.69, 9.17) is 37.8 Å². The standard InChI is InChI=1S/C13H8Cl2N2O5/c1-17-6(2-3-16-17)10(18)5-4-7-11(9(15)8(5)14)22-13(21-7)12(19)20/h2-4,13H,1H3,(H,19,20). The van der Waals surface area contributed by atoms with Gasteiger partial charge in [-0.15, -0.1) is 0 Å². The number of hydrogen-bond acceptors (Lipinski definition) is 5. The Morgan fingerprint density at radius 3 is 2.64 bits per heavy atom. The second kappa shape index (κ2) is 5.19. The maximum absolute atomic E-state index is 12.5. The number of aromatic nitrogens is 2. The van der Waals surface area contributed by atoms with Crippen LogP contribution in [0, 0.1) is 0 Å². The smallest absolute Gasteiger partial charge is 0.387 e. The summed E-state index contributed by atoms with van der Waals surface area (Å²) in [7, 11) is 1.61. The van der Waals surface area contributed by atoms with E-state index in [2.05, 4.69) is 5.10 Å². The van der Waals surface area contributed by atoms with Gasteiger partial charge < -0.3 is 14.6 Å². The van der Waals surface area contributed by atoms with Crippen LogP contribution in [0.25, 0.3) is 0 Å². The highest BCUT2D eigenvalue weighted by atomic mass is 35.5. The van der Waals surface area contributed by atoms with Gasteiger partial charge in [-0.05, 0) is 12.1 Å². The average Bonchev–Trinajstić information content (AvgIpc) is 3.08. The fourth-order valence-corrected chi connectivity index (χ4v) is 2.50. The minimum Gasteiger partial charge on any atom is -0.476 e. The van der Waals surface area contributed by atoms with Crippen molar-refractivity contribution >= 4 is 35.0 Å².